The van der Waals surface area contributed by atoms with E-state index in [4.69, 9.17) is 4.74 Å². The molecule has 0 radical (unpaired) electrons. The number of halogens is 2. The molecular formula is C34H37BrFN5O6S2. The van der Waals surface area contributed by atoms with Crippen molar-refractivity contribution in [1.82, 2.24) is 19.9 Å². The Bertz CT molecular complexity index is 1920. The zero-order valence-electron chi connectivity index (χ0n) is 26.6. The van der Waals surface area contributed by atoms with Crippen molar-refractivity contribution in [1.29, 1.82) is 0 Å². The Morgan fingerprint density at radius 2 is 1.96 bits per heavy atom. The first-order chi connectivity index (χ1) is 23.5. The van der Waals surface area contributed by atoms with Gasteiger partial charge in [-0.25, -0.2) is 17.8 Å². The van der Waals surface area contributed by atoms with Crippen molar-refractivity contribution < 1.29 is 31.9 Å². The molecule has 1 saturated heterocycles. The molecule has 1 aromatic heterocycles. The molecule has 2 aromatic carbocycles. The monoisotopic (exact) mass is 773 g/mol. The summed E-state index contributed by atoms with van der Waals surface area (Å²) in [5.41, 5.74) is -0.254. The fourth-order valence-electron chi connectivity index (χ4n) is 6.70. The number of anilines is 1. The van der Waals surface area contributed by atoms with Crippen molar-refractivity contribution in [2.75, 3.05) is 11.9 Å². The standard InChI is InChI=1S/C34H37BrFN5O6S2/c35-21-11-14-26-29(15-21)48-33(38-26)47-24-17-28-30(42)39-34(32(44)40-49(45,46)25-12-13-25)18-20(34)7-4-2-1-3-5-10-27(31(43)41(28)19-24)37-23-9-6-8-22(36)16-23/h4,6-9,11,14-16,20,24-25,27-28,37H,1-3,5,10,12-13,17-19H2,(H,39,42)(H,40,44)/b7-4-/t20-,24+,27-,28-,34+/m0/s1. The maximum Gasteiger partial charge on any atom is 0.274 e. The number of sulfonamides is 1. The predicted molar refractivity (Wildman–Crippen MR) is 187 cm³/mol. The molecule has 5 atom stereocenters. The number of carbonyl (C=O) groups is 3. The SMILES string of the molecule is O=C1N[C@]2(C(=O)NS(=O)(=O)C3CC3)C[C@@H]2/C=C\CCCCC[C@H](Nc2cccc(F)c2)C(=O)N2C[C@H](Oc3nc4ccc(Br)cc4s3)C[C@@H]12. The summed E-state index contributed by atoms with van der Waals surface area (Å²) in [5, 5.41) is 5.88. The fraction of sp³-hybridized carbons (Fsp3) is 0.471. The molecule has 2 saturated carbocycles. The highest BCUT2D eigenvalue weighted by Gasteiger charge is 2.62. The number of aromatic nitrogens is 1. The van der Waals surface area contributed by atoms with Crippen LogP contribution < -0.4 is 20.1 Å². The topological polar surface area (TPSA) is 147 Å². The van der Waals surface area contributed by atoms with Crippen LogP contribution in [-0.4, -0.2) is 71.5 Å². The second-order valence-corrected chi connectivity index (χ2v) is 17.2. The van der Waals surface area contributed by atoms with Crippen LogP contribution >= 0.6 is 27.3 Å². The number of amides is 3. The zero-order chi connectivity index (χ0) is 34.3. The van der Waals surface area contributed by atoms with Crippen LogP contribution in [0.4, 0.5) is 10.1 Å². The predicted octanol–water partition coefficient (Wildman–Crippen LogP) is 5.03. The first-order valence-corrected chi connectivity index (χ1v) is 19.8. The normalized spacial score (nSPS) is 28.4. The molecule has 0 unspecified atom stereocenters. The molecule has 3 heterocycles. The average Bonchev–Trinajstić information content (AvgIpc) is 3.95. The van der Waals surface area contributed by atoms with Gasteiger partial charge in [-0.2, -0.15) is 0 Å². The minimum atomic E-state index is -3.86. The van der Waals surface area contributed by atoms with Crippen molar-refractivity contribution in [2.45, 2.75) is 86.8 Å². The number of nitrogens with one attached hydrogen (secondary N) is 3. The number of carbonyl (C=O) groups excluding carboxylic acids is 3. The second kappa shape index (κ2) is 13.6. The lowest BCUT2D eigenvalue weighted by atomic mass is 10.0. The fourth-order valence-corrected chi connectivity index (χ4v) is 9.49. The van der Waals surface area contributed by atoms with Crippen molar-refractivity contribution in [3.63, 3.8) is 0 Å². The Labute approximate surface area is 296 Å². The van der Waals surface area contributed by atoms with E-state index in [1.54, 1.807) is 12.1 Å². The van der Waals surface area contributed by atoms with Crippen LogP contribution in [0.1, 0.15) is 57.8 Å². The third-order valence-electron chi connectivity index (χ3n) is 9.61. The van der Waals surface area contributed by atoms with Gasteiger partial charge in [0.15, 0.2) is 0 Å². The van der Waals surface area contributed by atoms with Gasteiger partial charge in [0.1, 0.15) is 29.5 Å². The molecule has 7 rings (SSSR count). The van der Waals surface area contributed by atoms with E-state index >= 15 is 0 Å². The van der Waals surface area contributed by atoms with E-state index in [2.05, 4.69) is 36.3 Å². The second-order valence-electron chi connectivity index (χ2n) is 13.3. The van der Waals surface area contributed by atoms with Crippen LogP contribution in [0.3, 0.4) is 0 Å². The number of ether oxygens (including phenoxy) is 1. The molecule has 260 valence electrons. The third kappa shape index (κ3) is 7.48. The molecule has 3 N–H and O–H groups in total. The van der Waals surface area contributed by atoms with Gasteiger partial charge in [-0.15, -0.1) is 0 Å². The Morgan fingerprint density at radius 3 is 2.76 bits per heavy atom. The number of hydrogen-bond donors (Lipinski definition) is 3. The summed E-state index contributed by atoms with van der Waals surface area (Å²) >= 11 is 4.83. The summed E-state index contributed by atoms with van der Waals surface area (Å²) in [5.74, 6) is -2.51. The van der Waals surface area contributed by atoms with E-state index in [1.807, 2.05) is 30.4 Å². The number of hydrogen-bond acceptors (Lipinski definition) is 9. The Balaban J connectivity index is 1.18. The van der Waals surface area contributed by atoms with E-state index in [-0.39, 0.29) is 25.3 Å². The molecule has 0 spiro atoms. The zero-order valence-corrected chi connectivity index (χ0v) is 29.8. The summed E-state index contributed by atoms with van der Waals surface area (Å²) in [6, 6.07) is 9.82. The van der Waals surface area contributed by atoms with Gasteiger partial charge in [-0.1, -0.05) is 58.3 Å². The molecule has 11 nitrogen and oxygen atoms in total. The van der Waals surface area contributed by atoms with E-state index in [0.29, 0.717) is 36.6 Å². The molecule has 3 fully saturated rings. The molecular weight excluding hydrogens is 737 g/mol. The number of benzene rings is 2. The van der Waals surface area contributed by atoms with Gasteiger partial charge in [0.2, 0.25) is 21.8 Å². The number of thiazole rings is 1. The number of fused-ring (bicyclic) bond motifs is 3. The van der Waals surface area contributed by atoms with Crippen LogP contribution in [0.5, 0.6) is 5.19 Å². The van der Waals surface area contributed by atoms with Crippen LogP contribution in [0, 0.1) is 11.7 Å². The molecule has 15 heteroatoms. The Hall–Kier alpha value is -3.56. The van der Waals surface area contributed by atoms with Crippen molar-refractivity contribution in [3.05, 3.63) is 64.9 Å². The number of nitrogens with zero attached hydrogens (tertiary/aromatic N) is 2. The first-order valence-electron chi connectivity index (χ1n) is 16.6. The molecule has 49 heavy (non-hydrogen) atoms. The van der Waals surface area contributed by atoms with Crippen LogP contribution in [-0.2, 0) is 24.4 Å². The van der Waals surface area contributed by atoms with E-state index < -0.39 is 62.5 Å². The molecule has 3 aromatic rings. The van der Waals surface area contributed by atoms with Crippen LogP contribution in [0.2, 0.25) is 0 Å². The Kier molecular flexibility index (Phi) is 9.43. The van der Waals surface area contributed by atoms with Gasteiger partial charge in [-0.3, -0.25) is 19.1 Å². The average molecular weight is 775 g/mol. The van der Waals surface area contributed by atoms with Gasteiger partial charge in [0.25, 0.3) is 11.1 Å². The molecule has 2 aliphatic heterocycles. The van der Waals surface area contributed by atoms with Crippen molar-refractivity contribution in [3.8, 4) is 5.19 Å². The van der Waals surface area contributed by atoms with E-state index in [0.717, 1.165) is 34.0 Å². The molecule has 2 aliphatic carbocycles. The quantitative estimate of drug-likeness (QED) is 0.284. The van der Waals surface area contributed by atoms with E-state index in [1.165, 1.54) is 28.4 Å². The lowest BCUT2D eigenvalue weighted by Crippen LogP contribution is -2.57. The maximum absolute atomic E-state index is 14.4. The van der Waals surface area contributed by atoms with Crippen LogP contribution in [0.15, 0.2) is 59.1 Å². The smallest absolute Gasteiger partial charge is 0.274 e. The van der Waals surface area contributed by atoms with Gasteiger partial charge < -0.3 is 20.3 Å². The van der Waals surface area contributed by atoms with Gasteiger partial charge in [-0.05, 0) is 74.9 Å². The first kappa shape index (κ1) is 33.9. The number of rotatable bonds is 7. The van der Waals surface area contributed by atoms with Crippen LogP contribution in [0.25, 0.3) is 10.2 Å². The lowest BCUT2D eigenvalue weighted by molar-refractivity contribution is -0.140. The highest BCUT2D eigenvalue weighted by atomic mass is 79.9. The van der Waals surface area contributed by atoms with Gasteiger partial charge in [0.05, 0.1) is 22.0 Å². The van der Waals surface area contributed by atoms with Crippen molar-refractivity contribution >= 4 is 70.9 Å². The summed E-state index contributed by atoms with van der Waals surface area (Å²) in [4.78, 5) is 48.3. The van der Waals surface area contributed by atoms with E-state index in [9.17, 15) is 27.2 Å². The summed E-state index contributed by atoms with van der Waals surface area (Å²) in [7, 11) is -3.86. The third-order valence-corrected chi connectivity index (χ3v) is 12.8. The lowest BCUT2D eigenvalue weighted by Gasteiger charge is -2.30. The highest BCUT2D eigenvalue weighted by Crippen LogP contribution is 2.46. The maximum atomic E-state index is 14.4. The largest absolute Gasteiger partial charge is 0.465 e. The van der Waals surface area contributed by atoms with Crippen molar-refractivity contribution in [2.24, 2.45) is 5.92 Å². The molecule has 4 aliphatic rings. The molecule has 3 amide bonds. The van der Waals surface area contributed by atoms with Gasteiger partial charge >= 0.3 is 0 Å². The highest BCUT2D eigenvalue weighted by molar-refractivity contribution is 9.10. The summed E-state index contributed by atoms with van der Waals surface area (Å²) < 4.78 is 50.0. The Morgan fingerprint density at radius 1 is 1.12 bits per heavy atom. The van der Waals surface area contributed by atoms with Gasteiger partial charge in [0, 0.05) is 22.5 Å². The minimum Gasteiger partial charge on any atom is -0.465 e. The molecule has 0 bridgehead atoms. The minimum absolute atomic E-state index is 0.0798. The number of allylic oxidation sites excluding steroid dienone is 1. The summed E-state index contributed by atoms with van der Waals surface area (Å²) in [6.45, 7) is 0.0798. The summed E-state index contributed by atoms with van der Waals surface area (Å²) in [6.07, 6.45) is 8.18.